The molecule has 6 nitrogen and oxygen atoms in total. The number of halogens is 2. The lowest BCUT2D eigenvalue weighted by Crippen LogP contribution is -1.98. The smallest absolute Gasteiger partial charge is 0.180 e. The van der Waals surface area contributed by atoms with Gasteiger partial charge in [-0.1, -0.05) is 11.8 Å². The van der Waals surface area contributed by atoms with E-state index in [2.05, 4.69) is 20.3 Å². The van der Waals surface area contributed by atoms with Crippen LogP contribution >= 0.6 is 11.8 Å². The molecule has 31 heavy (non-hydrogen) atoms. The first-order valence-corrected chi connectivity index (χ1v) is 10.3. The number of nitrogens with zero attached hydrogens (tertiary/aromatic N) is 3. The summed E-state index contributed by atoms with van der Waals surface area (Å²) >= 11 is 0.731. The van der Waals surface area contributed by atoms with Gasteiger partial charge in [0, 0.05) is 16.8 Å². The van der Waals surface area contributed by atoms with Crippen molar-refractivity contribution in [3.63, 3.8) is 0 Å². The number of fused-ring (bicyclic) bond motifs is 1. The van der Waals surface area contributed by atoms with Gasteiger partial charge in [0.05, 0.1) is 16.7 Å². The van der Waals surface area contributed by atoms with E-state index in [1.807, 2.05) is 37.3 Å². The molecule has 0 amide bonds. The van der Waals surface area contributed by atoms with Crippen LogP contribution in [-0.4, -0.2) is 27.1 Å². The molecule has 0 aliphatic heterocycles. The molecule has 1 atom stereocenters. The number of thioether (sulfide) groups is 1. The maximum Gasteiger partial charge on any atom is 0.180 e. The number of nitrogens with two attached hydrogens (primary N) is 1. The average molecular weight is 439 g/mol. The normalized spacial score (nSPS) is 12.0. The van der Waals surface area contributed by atoms with E-state index in [0.717, 1.165) is 33.9 Å². The molecule has 9 heteroatoms. The van der Waals surface area contributed by atoms with Crippen LogP contribution in [0.4, 0.5) is 26.0 Å². The van der Waals surface area contributed by atoms with Gasteiger partial charge < -0.3 is 15.8 Å². The SMILES string of the molecule is Cc1cc(Nc2ncnc3ccc(N)cc23)ccc1Oc1ccc(S[C@H](F)CF)nc1. The number of anilines is 3. The van der Waals surface area contributed by atoms with Crippen LogP contribution in [0.3, 0.4) is 0 Å². The molecule has 0 aliphatic carbocycles. The molecule has 2 aromatic carbocycles. The Kier molecular flexibility index (Phi) is 6.13. The molecule has 158 valence electrons. The number of pyridine rings is 1. The zero-order chi connectivity index (χ0) is 21.8. The van der Waals surface area contributed by atoms with Crippen LogP contribution in [0.5, 0.6) is 11.5 Å². The van der Waals surface area contributed by atoms with Gasteiger partial charge in [-0.15, -0.1) is 0 Å². The Bertz CT molecular complexity index is 1210. The largest absolute Gasteiger partial charge is 0.455 e. The van der Waals surface area contributed by atoms with Crippen molar-refractivity contribution in [3.05, 3.63) is 66.6 Å². The summed E-state index contributed by atoms with van der Waals surface area (Å²) in [5.74, 6) is 1.81. The Labute approximate surface area is 181 Å². The summed E-state index contributed by atoms with van der Waals surface area (Å²) in [6.07, 6.45) is 2.98. The number of benzene rings is 2. The predicted molar refractivity (Wildman–Crippen MR) is 119 cm³/mol. The summed E-state index contributed by atoms with van der Waals surface area (Å²) in [7, 11) is 0. The van der Waals surface area contributed by atoms with E-state index in [1.54, 1.807) is 18.2 Å². The van der Waals surface area contributed by atoms with Crippen molar-refractivity contribution in [2.45, 2.75) is 17.5 Å². The van der Waals surface area contributed by atoms with Crippen LogP contribution in [-0.2, 0) is 0 Å². The molecule has 0 unspecified atom stereocenters. The molecule has 4 rings (SSSR count). The van der Waals surface area contributed by atoms with Crippen molar-refractivity contribution in [1.82, 2.24) is 15.0 Å². The highest BCUT2D eigenvalue weighted by Gasteiger charge is 2.10. The lowest BCUT2D eigenvalue weighted by Gasteiger charge is -2.13. The summed E-state index contributed by atoms with van der Waals surface area (Å²) in [4.78, 5) is 12.7. The first-order valence-electron chi connectivity index (χ1n) is 9.40. The Morgan fingerprint density at radius 3 is 2.71 bits per heavy atom. The minimum atomic E-state index is -1.62. The molecule has 0 fully saturated rings. The van der Waals surface area contributed by atoms with Crippen LogP contribution in [0.2, 0.25) is 0 Å². The van der Waals surface area contributed by atoms with Crippen LogP contribution in [0, 0.1) is 6.92 Å². The minimum absolute atomic E-state index is 0.395. The lowest BCUT2D eigenvalue weighted by atomic mass is 10.2. The van der Waals surface area contributed by atoms with E-state index in [0.29, 0.717) is 28.0 Å². The van der Waals surface area contributed by atoms with E-state index in [9.17, 15) is 8.78 Å². The third kappa shape index (κ3) is 5.00. The van der Waals surface area contributed by atoms with Crippen LogP contribution < -0.4 is 15.8 Å². The molecule has 0 bridgehead atoms. The molecule has 2 aromatic heterocycles. The monoisotopic (exact) mass is 439 g/mol. The molecule has 2 heterocycles. The fourth-order valence-electron chi connectivity index (χ4n) is 2.94. The second-order valence-electron chi connectivity index (χ2n) is 6.72. The van der Waals surface area contributed by atoms with E-state index < -0.39 is 12.2 Å². The summed E-state index contributed by atoms with van der Waals surface area (Å²) in [5.41, 5.74) is 7.43. The van der Waals surface area contributed by atoms with Gasteiger partial charge in [0.2, 0.25) is 0 Å². The number of nitrogen functional groups attached to an aromatic ring is 1. The molecule has 0 spiro atoms. The maximum absolute atomic E-state index is 13.1. The highest BCUT2D eigenvalue weighted by Crippen LogP contribution is 2.31. The molecule has 0 aliphatic rings. The van der Waals surface area contributed by atoms with E-state index in [4.69, 9.17) is 10.5 Å². The van der Waals surface area contributed by atoms with Gasteiger partial charge in [0.1, 0.15) is 30.3 Å². The van der Waals surface area contributed by atoms with Gasteiger partial charge in [-0.25, -0.2) is 23.7 Å². The number of aromatic nitrogens is 3. The van der Waals surface area contributed by atoms with Crippen LogP contribution in [0.1, 0.15) is 5.56 Å². The van der Waals surface area contributed by atoms with Gasteiger partial charge in [-0.3, -0.25) is 0 Å². The van der Waals surface area contributed by atoms with E-state index in [-0.39, 0.29) is 0 Å². The molecular formula is C22H19F2N5OS. The first-order chi connectivity index (χ1) is 15.0. The van der Waals surface area contributed by atoms with Gasteiger partial charge in [-0.2, -0.15) is 0 Å². The Morgan fingerprint density at radius 1 is 1.10 bits per heavy atom. The average Bonchev–Trinajstić information content (AvgIpc) is 2.77. The van der Waals surface area contributed by atoms with Crippen molar-refractivity contribution < 1.29 is 13.5 Å². The summed E-state index contributed by atoms with van der Waals surface area (Å²) in [5, 5.41) is 4.52. The molecule has 0 radical (unpaired) electrons. The first kappa shape index (κ1) is 20.8. The number of ether oxygens (including phenoxy) is 1. The molecule has 0 saturated carbocycles. The summed E-state index contributed by atoms with van der Waals surface area (Å²) < 4.78 is 31.3. The van der Waals surface area contributed by atoms with Crippen molar-refractivity contribution in [2.75, 3.05) is 17.7 Å². The fraction of sp³-hybridized carbons (Fsp3) is 0.136. The minimum Gasteiger partial charge on any atom is -0.455 e. The zero-order valence-corrected chi connectivity index (χ0v) is 17.4. The van der Waals surface area contributed by atoms with Gasteiger partial charge in [-0.05, 0) is 61.0 Å². The number of aryl methyl sites for hydroxylation is 1. The fourth-order valence-corrected chi connectivity index (χ4v) is 3.52. The van der Waals surface area contributed by atoms with Gasteiger partial charge in [0.15, 0.2) is 5.50 Å². The molecule has 4 aromatic rings. The van der Waals surface area contributed by atoms with Crippen LogP contribution in [0.25, 0.3) is 10.9 Å². The predicted octanol–water partition coefficient (Wildman–Crippen LogP) is 5.81. The number of rotatable bonds is 7. The number of alkyl halides is 2. The summed E-state index contributed by atoms with van der Waals surface area (Å²) in [6.45, 7) is 0.867. The lowest BCUT2D eigenvalue weighted by molar-refractivity contribution is 0.348. The van der Waals surface area contributed by atoms with Crippen molar-refractivity contribution in [2.24, 2.45) is 0 Å². The number of nitrogens with one attached hydrogen (secondary N) is 1. The Hall–Kier alpha value is -3.46. The zero-order valence-electron chi connectivity index (χ0n) is 16.5. The maximum atomic E-state index is 13.1. The van der Waals surface area contributed by atoms with Crippen molar-refractivity contribution >= 4 is 39.9 Å². The third-order valence-corrected chi connectivity index (χ3v) is 5.27. The van der Waals surface area contributed by atoms with E-state index >= 15 is 0 Å². The quantitative estimate of drug-likeness (QED) is 0.278. The van der Waals surface area contributed by atoms with Crippen molar-refractivity contribution in [1.29, 1.82) is 0 Å². The topological polar surface area (TPSA) is 86.0 Å². The van der Waals surface area contributed by atoms with Gasteiger partial charge in [0.25, 0.3) is 0 Å². The Morgan fingerprint density at radius 2 is 1.97 bits per heavy atom. The van der Waals surface area contributed by atoms with Crippen LogP contribution in [0.15, 0.2) is 66.1 Å². The highest BCUT2D eigenvalue weighted by molar-refractivity contribution is 7.99. The number of hydrogen-bond acceptors (Lipinski definition) is 7. The number of hydrogen-bond donors (Lipinski definition) is 2. The molecule has 0 saturated heterocycles. The second-order valence-corrected chi connectivity index (χ2v) is 7.89. The van der Waals surface area contributed by atoms with Gasteiger partial charge >= 0.3 is 0 Å². The van der Waals surface area contributed by atoms with E-state index in [1.165, 1.54) is 12.5 Å². The highest BCUT2D eigenvalue weighted by atomic mass is 32.2. The standard InChI is InChI=1S/C22H19F2N5OS/c1-13-8-15(29-22-17-9-14(25)2-5-18(17)27-12-28-22)3-6-19(13)30-16-4-7-21(26-11-16)31-20(24)10-23/h2-9,11-12,20H,10,25H2,1H3,(H,27,28,29)/t20-/m0/s1. The molecular weight excluding hydrogens is 420 g/mol. The Balaban J connectivity index is 1.49. The van der Waals surface area contributed by atoms with Crippen molar-refractivity contribution in [3.8, 4) is 11.5 Å². The molecule has 3 N–H and O–H groups in total. The summed E-state index contributed by atoms with van der Waals surface area (Å²) in [6, 6.07) is 14.4. The second kappa shape index (κ2) is 9.13. The third-order valence-electron chi connectivity index (χ3n) is 4.40.